The lowest BCUT2D eigenvalue weighted by Crippen LogP contribution is -2.33. The van der Waals surface area contributed by atoms with Crippen molar-refractivity contribution in [2.24, 2.45) is 5.92 Å². The fourth-order valence-corrected chi connectivity index (χ4v) is 3.28. The van der Waals surface area contributed by atoms with Crippen LogP contribution >= 0.6 is 0 Å². The van der Waals surface area contributed by atoms with Crippen LogP contribution in [0.25, 0.3) is 11.0 Å². The number of ether oxygens (including phenoxy) is 1. The van der Waals surface area contributed by atoms with Crippen molar-refractivity contribution in [1.82, 2.24) is 19.8 Å². The van der Waals surface area contributed by atoms with Crippen LogP contribution in [0.5, 0.6) is 5.75 Å². The summed E-state index contributed by atoms with van der Waals surface area (Å²) in [5.41, 5.74) is 1.27. The number of aliphatic hydroxyl groups excluding tert-OH is 1. The molecule has 3 rings (SSSR count). The Bertz CT molecular complexity index is 853. The average Bonchev–Trinajstić information content (AvgIpc) is 2.98. The van der Waals surface area contributed by atoms with Crippen molar-refractivity contribution in [2.75, 3.05) is 33.3 Å². The number of aliphatic hydroxyl groups is 1. The molecule has 1 saturated heterocycles. The summed E-state index contributed by atoms with van der Waals surface area (Å²) in [5, 5.41) is 21.1. The summed E-state index contributed by atoms with van der Waals surface area (Å²) in [7, 11) is 1.55. The number of likely N-dealkylation sites (tertiary alicyclic amines) is 1. The molecule has 2 aromatic heterocycles. The van der Waals surface area contributed by atoms with Crippen molar-refractivity contribution in [3.63, 3.8) is 0 Å². The van der Waals surface area contributed by atoms with Gasteiger partial charge in [-0.2, -0.15) is 0 Å². The van der Waals surface area contributed by atoms with Crippen molar-refractivity contribution in [1.29, 1.82) is 0 Å². The van der Waals surface area contributed by atoms with Crippen LogP contribution in [0.2, 0.25) is 0 Å². The molecule has 0 unspecified atom stereocenters. The summed E-state index contributed by atoms with van der Waals surface area (Å²) in [5.74, 6) is 0.422. The van der Waals surface area contributed by atoms with Crippen LogP contribution in [-0.2, 0) is 6.54 Å². The van der Waals surface area contributed by atoms with Gasteiger partial charge in [0, 0.05) is 50.8 Å². The summed E-state index contributed by atoms with van der Waals surface area (Å²) in [6.07, 6.45) is -0.0825. The Kier molecular flexibility index (Phi) is 5.38. The van der Waals surface area contributed by atoms with Gasteiger partial charge in [-0.05, 0) is 6.07 Å². The standard InChI is InChI=1S/C17H22N4O5/c1-26-12-6-14-13(18-8-12)2-3-16(23)21(14)5-4-20-9-11(15(22)10-20)7-19-17(24)25/h2-3,6,8,11,15,19,22H,4-5,7,9-10H2,1H3,(H,24,25)/t11-,15+/m0/s1. The maximum Gasteiger partial charge on any atom is 0.404 e. The van der Waals surface area contributed by atoms with E-state index < -0.39 is 12.2 Å². The zero-order chi connectivity index (χ0) is 18.7. The second-order valence-corrected chi connectivity index (χ2v) is 6.38. The minimum atomic E-state index is -1.10. The summed E-state index contributed by atoms with van der Waals surface area (Å²) in [6.45, 7) is 2.24. The van der Waals surface area contributed by atoms with Gasteiger partial charge in [0.2, 0.25) is 0 Å². The fraction of sp³-hybridized carbons (Fsp3) is 0.471. The molecule has 1 aliphatic heterocycles. The van der Waals surface area contributed by atoms with E-state index in [1.165, 1.54) is 6.07 Å². The largest absolute Gasteiger partial charge is 0.495 e. The van der Waals surface area contributed by atoms with Gasteiger partial charge in [-0.25, -0.2) is 4.79 Å². The molecule has 1 aliphatic rings. The first-order valence-corrected chi connectivity index (χ1v) is 8.38. The van der Waals surface area contributed by atoms with Crippen LogP contribution < -0.4 is 15.6 Å². The maximum absolute atomic E-state index is 12.3. The molecule has 0 bridgehead atoms. The zero-order valence-electron chi connectivity index (χ0n) is 14.5. The molecule has 0 aliphatic carbocycles. The normalized spacial score (nSPS) is 20.4. The second kappa shape index (κ2) is 7.71. The summed E-state index contributed by atoms with van der Waals surface area (Å²) < 4.78 is 6.83. The van der Waals surface area contributed by atoms with E-state index in [-0.39, 0.29) is 18.0 Å². The van der Waals surface area contributed by atoms with Crippen LogP contribution in [-0.4, -0.2) is 70.2 Å². The van der Waals surface area contributed by atoms with Gasteiger partial charge < -0.3 is 24.8 Å². The second-order valence-electron chi connectivity index (χ2n) is 6.38. The smallest absolute Gasteiger partial charge is 0.404 e. The van der Waals surface area contributed by atoms with Gasteiger partial charge in [0.1, 0.15) is 5.75 Å². The minimum absolute atomic E-state index is 0.128. The number of hydrogen-bond donors (Lipinski definition) is 3. The Morgan fingerprint density at radius 2 is 2.19 bits per heavy atom. The molecule has 3 heterocycles. The quantitative estimate of drug-likeness (QED) is 0.660. The summed E-state index contributed by atoms with van der Waals surface area (Å²) in [6, 6.07) is 4.95. The number of nitrogens with one attached hydrogen (secondary N) is 1. The first-order chi connectivity index (χ1) is 12.5. The Balaban J connectivity index is 1.71. The number of fused-ring (bicyclic) bond motifs is 1. The molecule has 1 amide bonds. The molecule has 2 aromatic rings. The topological polar surface area (TPSA) is 117 Å². The summed E-state index contributed by atoms with van der Waals surface area (Å²) in [4.78, 5) is 29.2. The molecule has 3 N–H and O–H groups in total. The van der Waals surface area contributed by atoms with E-state index in [4.69, 9.17) is 9.84 Å². The van der Waals surface area contributed by atoms with Crippen LogP contribution in [0.3, 0.4) is 0 Å². The third kappa shape index (κ3) is 3.94. The van der Waals surface area contributed by atoms with Crippen LogP contribution in [0, 0.1) is 5.92 Å². The first-order valence-electron chi connectivity index (χ1n) is 8.38. The molecular formula is C17H22N4O5. The number of aromatic nitrogens is 2. The molecule has 140 valence electrons. The van der Waals surface area contributed by atoms with Crippen LogP contribution in [0.1, 0.15) is 0 Å². The fourth-order valence-electron chi connectivity index (χ4n) is 3.28. The Morgan fingerprint density at radius 3 is 2.92 bits per heavy atom. The number of carbonyl (C=O) groups is 1. The summed E-state index contributed by atoms with van der Waals surface area (Å²) >= 11 is 0. The van der Waals surface area contributed by atoms with Crippen molar-refractivity contribution < 1.29 is 19.7 Å². The highest BCUT2D eigenvalue weighted by Crippen LogP contribution is 2.18. The Morgan fingerprint density at radius 1 is 1.38 bits per heavy atom. The van der Waals surface area contributed by atoms with Gasteiger partial charge in [0.05, 0.1) is 30.4 Å². The van der Waals surface area contributed by atoms with Crippen LogP contribution in [0.15, 0.2) is 29.2 Å². The molecule has 26 heavy (non-hydrogen) atoms. The van der Waals surface area contributed by atoms with Crippen molar-refractivity contribution in [3.05, 3.63) is 34.7 Å². The first kappa shape index (κ1) is 18.2. The maximum atomic E-state index is 12.3. The van der Waals surface area contributed by atoms with E-state index in [1.807, 2.05) is 4.90 Å². The molecule has 9 nitrogen and oxygen atoms in total. The lowest BCUT2D eigenvalue weighted by atomic mass is 10.1. The average molecular weight is 362 g/mol. The molecule has 9 heteroatoms. The highest BCUT2D eigenvalue weighted by atomic mass is 16.5. The van der Waals surface area contributed by atoms with Crippen molar-refractivity contribution >= 4 is 17.1 Å². The highest BCUT2D eigenvalue weighted by molar-refractivity contribution is 5.75. The van der Waals surface area contributed by atoms with Gasteiger partial charge in [-0.1, -0.05) is 0 Å². The van der Waals surface area contributed by atoms with E-state index in [2.05, 4.69) is 10.3 Å². The SMILES string of the molecule is COc1cnc2ccc(=O)n(CCN3C[C@H](CNC(=O)O)[C@H](O)C3)c2c1. The van der Waals surface area contributed by atoms with Gasteiger partial charge in [-0.15, -0.1) is 0 Å². The molecular weight excluding hydrogens is 340 g/mol. The van der Waals surface area contributed by atoms with Gasteiger partial charge in [0.25, 0.3) is 5.56 Å². The third-order valence-corrected chi connectivity index (χ3v) is 4.69. The van der Waals surface area contributed by atoms with Gasteiger partial charge in [0.15, 0.2) is 0 Å². The van der Waals surface area contributed by atoms with Crippen LogP contribution in [0.4, 0.5) is 4.79 Å². The Labute approximate surface area is 149 Å². The molecule has 2 atom stereocenters. The number of methoxy groups -OCH3 is 1. The number of rotatable bonds is 6. The number of hydrogen-bond acceptors (Lipinski definition) is 6. The van der Waals surface area contributed by atoms with Crippen molar-refractivity contribution in [2.45, 2.75) is 12.6 Å². The molecule has 0 spiro atoms. The molecule has 0 radical (unpaired) electrons. The van der Waals surface area contributed by atoms with E-state index in [0.29, 0.717) is 43.0 Å². The van der Waals surface area contributed by atoms with E-state index in [9.17, 15) is 14.7 Å². The predicted octanol–water partition coefficient (Wildman–Crippen LogP) is -0.0346. The lowest BCUT2D eigenvalue weighted by molar-refractivity contribution is 0.138. The predicted molar refractivity (Wildman–Crippen MR) is 94.5 cm³/mol. The monoisotopic (exact) mass is 362 g/mol. The number of carboxylic acid groups (broad SMARTS) is 1. The highest BCUT2D eigenvalue weighted by Gasteiger charge is 2.31. The van der Waals surface area contributed by atoms with Gasteiger partial charge >= 0.3 is 6.09 Å². The van der Waals surface area contributed by atoms with E-state index in [1.54, 1.807) is 30.0 Å². The number of pyridine rings is 2. The number of nitrogens with zero attached hydrogens (tertiary/aromatic N) is 3. The van der Waals surface area contributed by atoms with E-state index in [0.717, 1.165) is 0 Å². The van der Waals surface area contributed by atoms with E-state index >= 15 is 0 Å². The third-order valence-electron chi connectivity index (χ3n) is 4.69. The minimum Gasteiger partial charge on any atom is -0.495 e. The molecule has 1 fully saturated rings. The number of β-amino-alcohol motifs (C(OH)–C–C–N with tert-alkyl or cyclic N) is 1. The number of amides is 1. The Hall–Kier alpha value is -2.65. The lowest BCUT2D eigenvalue weighted by Gasteiger charge is -2.17. The van der Waals surface area contributed by atoms with Crippen molar-refractivity contribution in [3.8, 4) is 5.75 Å². The zero-order valence-corrected chi connectivity index (χ0v) is 14.5. The molecule has 0 saturated carbocycles. The molecule has 0 aromatic carbocycles. The van der Waals surface area contributed by atoms with Gasteiger partial charge in [-0.3, -0.25) is 14.7 Å².